The average molecular weight is 877 g/mol. The van der Waals surface area contributed by atoms with Crippen LogP contribution in [0, 0.1) is 12.7 Å². The highest BCUT2D eigenvalue weighted by Gasteiger charge is 2.36. The first-order valence-electron chi connectivity index (χ1n) is 23.3. The van der Waals surface area contributed by atoms with Crippen molar-refractivity contribution in [2.45, 2.75) is 26.2 Å². The van der Waals surface area contributed by atoms with Crippen LogP contribution in [0.2, 0.25) is 0 Å². The van der Waals surface area contributed by atoms with Crippen molar-refractivity contribution < 1.29 is 4.39 Å². The minimum Gasteiger partial charge on any atom is -0.310 e. The van der Waals surface area contributed by atoms with E-state index < -0.39 is 0 Å². The van der Waals surface area contributed by atoms with Crippen LogP contribution < -0.4 is 4.90 Å². The molecule has 0 radical (unpaired) electrons. The maximum absolute atomic E-state index is 14.9. The van der Waals surface area contributed by atoms with Crippen LogP contribution in [0.4, 0.5) is 21.5 Å². The fourth-order valence-corrected chi connectivity index (χ4v) is 11.0. The van der Waals surface area contributed by atoms with E-state index in [-0.39, 0.29) is 11.2 Å². The normalized spacial score (nSPS) is 12.8. The molecule has 13 rings (SSSR count). The Hall–Kier alpha value is -8.54. The zero-order valence-corrected chi connectivity index (χ0v) is 38.0. The third-order valence-electron chi connectivity index (χ3n) is 14.4. The second-order valence-electron chi connectivity index (χ2n) is 18.6. The number of fused-ring (bicyclic) bond motifs is 9. The number of halogens is 1. The molecule has 3 heterocycles. The molecule has 0 bridgehead atoms. The summed E-state index contributed by atoms with van der Waals surface area (Å²) in [7, 11) is 0. The molecule has 0 spiro atoms. The molecule has 4 nitrogen and oxygen atoms in total. The number of aryl methyl sites for hydroxylation is 1. The highest BCUT2D eigenvalue weighted by molar-refractivity contribution is 6.10. The Kier molecular flexibility index (Phi) is 8.93. The molecule has 0 N–H and O–H groups in total. The van der Waals surface area contributed by atoms with Crippen molar-refractivity contribution in [3.05, 3.63) is 241 Å². The van der Waals surface area contributed by atoms with Crippen LogP contribution in [0.5, 0.6) is 0 Å². The van der Waals surface area contributed by atoms with Gasteiger partial charge >= 0.3 is 0 Å². The van der Waals surface area contributed by atoms with Crippen LogP contribution in [-0.2, 0) is 5.41 Å². The molecule has 9 aromatic carbocycles. The predicted molar refractivity (Wildman–Crippen MR) is 280 cm³/mol. The lowest BCUT2D eigenvalue weighted by atomic mass is 9.82. The van der Waals surface area contributed by atoms with Gasteiger partial charge in [0.2, 0.25) is 0 Å². The van der Waals surface area contributed by atoms with Gasteiger partial charge in [-0.2, -0.15) is 5.10 Å². The number of hydrogen-bond donors (Lipinski definition) is 0. The SMILES string of the molecule is Cc1c(-c2ccc(N(c3ccc(-c4ccc5c(c4)c4ccccc4n5-c4ccccc4)cc3)c3ccc4c(c3)C(C)(C)c3ccccc3-4)cc2)nn2c(-c3ccccc3)cc3ccc(F)cc3c12. The Labute approximate surface area is 394 Å². The zero-order valence-electron chi connectivity index (χ0n) is 38.0. The molecule has 1 aliphatic rings. The minimum absolute atomic E-state index is 0.157. The summed E-state index contributed by atoms with van der Waals surface area (Å²) in [5, 5.41) is 9.55. The van der Waals surface area contributed by atoms with Gasteiger partial charge in [-0.15, -0.1) is 0 Å². The Morgan fingerprint density at radius 3 is 1.88 bits per heavy atom. The van der Waals surface area contributed by atoms with Crippen LogP contribution in [0.15, 0.2) is 218 Å². The summed E-state index contributed by atoms with van der Waals surface area (Å²) in [5.74, 6) is -0.265. The van der Waals surface area contributed by atoms with Gasteiger partial charge in [-0.1, -0.05) is 147 Å². The van der Waals surface area contributed by atoms with Crippen LogP contribution in [0.25, 0.3) is 88.6 Å². The second kappa shape index (κ2) is 15.3. The quantitative estimate of drug-likeness (QED) is 0.159. The maximum Gasteiger partial charge on any atom is 0.123 e. The molecule has 0 unspecified atom stereocenters. The highest BCUT2D eigenvalue weighted by Crippen LogP contribution is 2.51. The van der Waals surface area contributed by atoms with Gasteiger partial charge < -0.3 is 9.47 Å². The topological polar surface area (TPSA) is 25.5 Å². The molecule has 0 atom stereocenters. The summed E-state index contributed by atoms with van der Waals surface area (Å²) in [4.78, 5) is 2.36. The Bertz CT molecular complexity index is 3940. The summed E-state index contributed by atoms with van der Waals surface area (Å²) in [6.45, 7) is 6.77. The van der Waals surface area contributed by atoms with Gasteiger partial charge in [-0.05, 0) is 131 Å². The molecule has 0 amide bonds. The van der Waals surface area contributed by atoms with Crippen molar-refractivity contribution in [2.24, 2.45) is 0 Å². The van der Waals surface area contributed by atoms with Crippen molar-refractivity contribution >= 4 is 55.2 Å². The van der Waals surface area contributed by atoms with Gasteiger partial charge in [0.15, 0.2) is 0 Å². The van der Waals surface area contributed by atoms with E-state index in [1.165, 1.54) is 55.7 Å². The van der Waals surface area contributed by atoms with E-state index in [4.69, 9.17) is 5.10 Å². The lowest BCUT2D eigenvalue weighted by molar-refractivity contribution is 0.630. The molecule has 5 heteroatoms. The number of para-hydroxylation sites is 2. The molecular weight excluding hydrogens is 832 g/mol. The third-order valence-corrected chi connectivity index (χ3v) is 14.4. The Morgan fingerprint density at radius 2 is 1.10 bits per heavy atom. The van der Waals surface area contributed by atoms with E-state index in [2.05, 4.69) is 212 Å². The van der Waals surface area contributed by atoms with Gasteiger partial charge in [0.25, 0.3) is 0 Å². The van der Waals surface area contributed by atoms with Gasteiger partial charge in [-0.3, -0.25) is 0 Å². The summed E-state index contributed by atoms with van der Waals surface area (Å²) < 4.78 is 19.2. The molecule has 324 valence electrons. The zero-order chi connectivity index (χ0) is 45.7. The lowest BCUT2D eigenvalue weighted by Crippen LogP contribution is -2.16. The molecule has 0 saturated heterocycles. The first-order chi connectivity index (χ1) is 33.3. The summed E-state index contributed by atoms with van der Waals surface area (Å²) in [6, 6.07) is 77.0. The molecule has 0 fully saturated rings. The van der Waals surface area contributed by atoms with Crippen LogP contribution in [-0.4, -0.2) is 14.2 Å². The van der Waals surface area contributed by atoms with Crippen molar-refractivity contribution in [2.75, 3.05) is 4.90 Å². The van der Waals surface area contributed by atoms with E-state index in [1.807, 2.05) is 28.8 Å². The van der Waals surface area contributed by atoms with Crippen LogP contribution in [0.1, 0.15) is 30.5 Å². The first-order valence-corrected chi connectivity index (χ1v) is 23.3. The van der Waals surface area contributed by atoms with E-state index >= 15 is 0 Å². The molecule has 0 saturated carbocycles. The number of benzene rings is 9. The van der Waals surface area contributed by atoms with E-state index in [1.54, 1.807) is 6.07 Å². The first kappa shape index (κ1) is 39.8. The summed E-state index contributed by atoms with van der Waals surface area (Å²) in [6.07, 6.45) is 0. The standard InChI is InChI=1S/C63H45FN4/c1-40-61(65-68-60(42-14-6-4-7-15-42)37-45-22-28-46(64)38-54(45)62(40)68)43-25-31-49(32-26-43)66(50-33-34-52-51-18-10-12-20-56(51)63(2,3)57(52)39-50)48-29-23-41(24-30-48)44-27-35-59-55(36-44)53-19-11-13-21-58(53)67(59)47-16-8-5-9-17-47/h4-39H,1-3H3. The third kappa shape index (κ3) is 6.16. The largest absolute Gasteiger partial charge is 0.310 e. The fourth-order valence-electron chi connectivity index (χ4n) is 11.0. The molecule has 68 heavy (non-hydrogen) atoms. The van der Waals surface area contributed by atoms with Gasteiger partial charge in [0.05, 0.1) is 27.9 Å². The molecule has 1 aliphatic carbocycles. The van der Waals surface area contributed by atoms with Crippen LogP contribution >= 0.6 is 0 Å². The minimum atomic E-state index is -0.265. The highest BCUT2D eigenvalue weighted by atomic mass is 19.1. The average Bonchev–Trinajstić information content (AvgIpc) is 3.99. The smallest absolute Gasteiger partial charge is 0.123 e. The summed E-state index contributed by atoms with van der Waals surface area (Å²) in [5.41, 5.74) is 19.9. The molecule has 12 aromatic rings. The van der Waals surface area contributed by atoms with Crippen molar-refractivity contribution in [1.29, 1.82) is 0 Å². The van der Waals surface area contributed by atoms with E-state index in [0.717, 1.165) is 72.7 Å². The van der Waals surface area contributed by atoms with E-state index in [9.17, 15) is 4.39 Å². The van der Waals surface area contributed by atoms with Gasteiger partial charge in [0, 0.05) is 61.0 Å². The monoisotopic (exact) mass is 876 g/mol. The molecule has 3 aromatic heterocycles. The fraction of sp³-hybridized carbons (Fsp3) is 0.0635. The number of pyridine rings is 1. The Balaban J connectivity index is 0.925. The second-order valence-corrected chi connectivity index (χ2v) is 18.6. The number of nitrogens with zero attached hydrogens (tertiary/aromatic N) is 4. The lowest BCUT2D eigenvalue weighted by Gasteiger charge is -2.28. The molecule has 0 aliphatic heterocycles. The summed E-state index contributed by atoms with van der Waals surface area (Å²) >= 11 is 0. The van der Waals surface area contributed by atoms with Crippen molar-refractivity contribution in [3.63, 3.8) is 0 Å². The number of hydrogen-bond acceptors (Lipinski definition) is 2. The van der Waals surface area contributed by atoms with Crippen molar-refractivity contribution in [1.82, 2.24) is 14.2 Å². The molecular formula is C63H45FN4. The maximum atomic E-state index is 14.9. The van der Waals surface area contributed by atoms with Gasteiger partial charge in [-0.25, -0.2) is 8.91 Å². The van der Waals surface area contributed by atoms with Gasteiger partial charge in [0.1, 0.15) is 5.82 Å². The van der Waals surface area contributed by atoms with Crippen LogP contribution in [0.3, 0.4) is 0 Å². The number of anilines is 3. The number of rotatable bonds is 7. The Morgan fingerprint density at radius 1 is 0.471 bits per heavy atom. The van der Waals surface area contributed by atoms with E-state index in [0.29, 0.717) is 0 Å². The predicted octanol–water partition coefficient (Wildman–Crippen LogP) is 16.8. The number of aromatic nitrogens is 3. The van der Waals surface area contributed by atoms with Crippen molar-refractivity contribution in [3.8, 4) is 50.5 Å².